The van der Waals surface area contributed by atoms with E-state index in [2.05, 4.69) is 0 Å². The molecule has 0 aromatic heterocycles. The van der Waals surface area contributed by atoms with Crippen LogP contribution < -0.4 is 4.74 Å². The van der Waals surface area contributed by atoms with Gasteiger partial charge in [-0.15, -0.1) is 0 Å². The number of aliphatic hydroxyl groups excluding tert-OH is 1. The largest absolute Gasteiger partial charge is 0.495 e. The average Bonchev–Trinajstić information content (AvgIpc) is 2.85. The molecule has 2 rings (SSSR count). The predicted octanol–water partition coefficient (Wildman–Crippen LogP) is 1.22. The lowest BCUT2D eigenvalue weighted by Gasteiger charge is -2.18. The molecule has 0 spiro atoms. The Morgan fingerprint density at radius 2 is 2.21 bits per heavy atom. The summed E-state index contributed by atoms with van der Waals surface area (Å²) in [6.45, 7) is 2.92. The van der Waals surface area contributed by atoms with E-state index in [9.17, 15) is 8.42 Å². The van der Waals surface area contributed by atoms with Gasteiger partial charge in [0.1, 0.15) is 10.6 Å². The van der Waals surface area contributed by atoms with Crippen molar-refractivity contribution in [2.24, 2.45) is 5.92 Å². The van der Waals surface area contributed by atoms with E-state index in [-0.39, 0.29) is 11.5 Å². The van der Waals surface area contributed by atoms with Crippen molar-refractivity contribution in [1.29, 1.82) is 0 Å². The molecule has 1 N–H and O–H groups in total. The molecule has 0 radical (unpaired) electrons. The molecule has 1 heterocycles. The van der Waals surface area contributed by atoms with Gasteiger partial charge in [-0.25, -0.2) is 8.42 Å². The summed E-state index contributed by atoms with van der Waals surface area (Å²) in [5, 5.41) is 9.15. The van der Waals surface area contributed by atoms with Gasteiger partial charge in [0.15, 0.2) is 0 Å². The van der Waals surface area contributed by atoms with E-state index in [1.54, 1.807) is 12.1 Å². The van der Waals surface area contributed by atoms with Crippen LogP contribution in [0.5, 0.6) is 5.75 Å². The normalized spacial score (nSPS) is 20.7. The summed E-state index contributed by atoms with van der Waals surface area (Å²) in [6.07, 6.45) is 0.876. The molecule has 0 aliphatic carbocycles. The van der Waals surface area contributed by atoms with Crippen molar-refractivity contribution in [2.45, 2.75) is 24.8 Å². The lowest BCUT2D eigenvalue weighted by molar-refractivity contribution is 0.281. The van der Waals surface area contributed by atoms with Crippen LogP contribution in [-0.4, -0.2) is 38.0 Å². The summed E-state index contributed by atoms with van der Waals surface area (Å²) in [4.78, 5) is 0.135. The second kappa shape index (κ2) is 5.48. The molecule has 5 nitrogen and oxygen atoms in total. The van der Waals surface area contributed by atoms with Crippen molar-refractivity contribution in [2.75, 3.05) is 20.2 Å². The molecular formula is C13H19NO4S. The minimum Gasteiger partial charge on any atom is -0.495 e. The highest BCUT2D eigenvalue weighted by Gasteiger charge is 2.32. The number of aliphatic hydroxyl groups is 1. The van der Waals surface area contributed by atoms with E-state index in [0.717, 1.165) is 6.42 Å². The highest BCUT2D eigenvalue weighted by Crippen LogP contribution is 2.30. The molecule has 19 heavy (non-hydrogen) atoms. The van der Waals surface area contributed by atoms with Crippen molar-refractivity contribution < 1.29 is 18.3 Å². The summed E-state index contributed by atoms with van der Waals surface area (Å²) in [7, 11) is -2.11. The summed E-state index contributed by atoms with van der Waals surface area (Å²) in [6, 6.07) is 4.72. The maximum Gasteiger partial charge on any atom is 0.246 e. The molecule has 6 heteroatoms. The van der Waals surface area contributed by atoms with Crippen LogP contribution in [0, 0.1) is 5.92 Å². The Bertz CT molecular complexity index is 556. The molecule has 0 saturated carbocycles. The molecule has 1 unspecified atom stereocenters. The number of ether oxygens (including phenoxy) is 1. The van der Waals surface area contributed by atoms with Crippen molar-refractivity contribution in [1.82, 2.24) is 4.31 Å². The molecular weight excluding hydrogens is 266 g/mol. The summed E-state index contributed by atoms with van der Waals surface area (Å²) >= 11 is 0. The Kier molecular flexibility index (Phi) is 4.13. The van der Waals surface area contributed by atoms with Crippen LogP contribution >= 0.6 is 0 Å². The van der Waals surface area contributed by atoms with Gasteiger partial charge in [0.2, 0.25) is 10.0 Å². The molecule has 1 aromatic rings. The Balaban J connectivity index is 2.44. The summed E-state index contributed by atoms with van der Waals surface area (Å²) in [5.41, 5.74) is 0.562. The van der Waals surface area contributed by atoms with E-state index in [1.165, 1.54) is 17.5 Å². The van der Waals surface area contributed by atoms with Crippen LogP contribution in [-0.2, 0) is 16.6 Å². The molecule has 0 amide bonds. The Morgan fingerprint density at radius 3 is 2.74 bits per heavy atom. The van der Waals surface area contributed by atoms with Gasteiger partial charge in [-0.2, -0.15) is 4.31 Å². The molecule has 1 fully saturated rings. The zero-order chi connectivity index (χ0) is 14.0. The first kappa shape index (κ1) is 14.3. The van der Waals surface area contributed by atoms with E-state index < -0.39 is 10.0 Å². The molecule has 1 aliphatic heterocycles. The standard InChI is InChI=1S/C13H19NO4S/c1-10-5-6-14(8-10)19(16,17)13-7-11(9-15)3-4-12(13)18-2/h3-4,7,10,15H,5-6,8-9H2,1-2H3. The third-order valence-corrected chi connectivity index (χ3v) is 5.30. The van der Waals surface area contributed by atoms with Crippen LogP contribution in [0.3, 0.4) is 0 Å². The fourth-order valence-corrected chi connectivity index (χ4v) is 4.05. The third-order valence-electron chi connectivity index (χ3n) is 3.42. The SMILES string of the molecule is COc1ccc(CO)cc1S(=O)(=O)N1CCC(C)C1. The third kappa shape index (κ3) is 2.75. The lowest BCUT2D eigenvalue weighted by Crippen LogP contribution is -2.29. The summed E-state index contributed by atoms with van der Waals surface area (Å²) in [5.74, 6) is 0.693. The first-order chi connectivity index (χ1) is 8.98. The van der Waals surface area contributed by atoms with Crippen LogP contribution in [0.15, 0.2) is 23.1 Å². The number of rotatable bonds is 4. The summed E-state index contributed by atoms with van der Waals surface area (Å²) < 4.78 is 31.8. The highest BCUT2D eigenvalue weighted by atomic mass is 32.2. The highest BCUT2D eigenvalue weighted by molar-refractivity contribution is 7.89. The minimum absolute atomic E-state index is 0.135. The zero-order valence-electron chi connectivity index (χ0n) is 11.2. The van der Waals surface area contributed by atoms with E-state index >= 15 is 0 Å². The lowest BCUT2D eigenvalue weighted by atomic mass is 10.2. The predicted molar refractivity (Wildman–Crippen MR) is 71.5 cm³/mol. The van der Waals surface area contributed by atoms with Gasteiger partial charge in [0, 0.05) is 13.1 Å². The topological polar surface area (TPSA) is 66.8 Å². The van der Waals surface area contributed by atoms with Gasteiger partial charge in [0.05, 0.1) is 13.7 Å². The van der Waals surface area contributed by atoms with Gasteiger partial charge in [-0.3, -0.25) is 0 Å². The van der Waals surface area contributed by atoms with Crippen LogP contribution in [0.25, 0.3) is 0 Å². The van der Waals surface area contributed by atoms with E-state index in [1.807, 2.05) is 6.92 Å². The molecule has 1 aromatic carbocycles. The Hall–Kier alpha value is -1.11. The quantitative estimate of drug-likeness (QED) is 0.903. The van der Waals surface area contributed by atoms with Gasteiger partial charge < -0.3 is 9.84 Å². The second-order valence-electron chi connectivity index (χ2n) is 4.90. The Morgan fingerprint density at radius 1 is 1.47 bits per heavy atom. The maximum atomic E-state index is 12.6. The molecule has 1 aliphatic rings. The van der Waals surface area contributed by atoms with Crippen molar-refractivity contribution in [3.63, 3.8) is 0 Å². The molecule has 106 valence electrons. The molecule has 0 bridgehead atoms. The minimum atomic E-state index is -3.55. The monoisotopic (exact) mass is 285 g/mol. The van der Waals surface area contributed by atoms with Gasteiger partial charge in [0.25, 0.3) is 0 Å². The number of benzene rings is 1. The zero-order valence-corrected chi connectivity index (χ0v) is 12.0. The van der Waals surface area contributed by atoms with Crippen LogP contribution in [0.4, 0.5) is 0 Å². The number of sulfonamides is 1. The van der Waals surface area contributed by atoms with Crippen molar-refractivity contribution >= 4 is 10.0 Å². The number of methoxy groups -OCH3 is 1. The fraction of sp³-hybridized carbons (Fsp3) is 0.538. The maximum absolute atomic E-state index is 12.6. The molecule has 1 saturated heterocycles. The average molecular weight is 285 g/mol. The first-order valence-corrected chi connectivity index (χ1v) is 7.71. The second-order valence-corrected chi connectivity index (χ2v) is 6.81. The van der Waals surface area contributed by atoms with Crippen LogP contribution in [0.2, 0.25) is 0 Å². The van der Waals surface area contributed by atoms with Gasteiger partial charge in [-0.05, 0) is 30.0 Å². The first-order valence-electron chi connectivity index (χ1n) is 6.27. The number of hydrogen-bond acceptors (Lipinski definition) is 4. The van der Waals surface area contributed by atoms with Crippen LogP contribution in [0.1, 0.15) is 18.9 Å². The van der Waals surface area contributed by atoms with Gasteiger partial charge >= 0.3 is 0 Å². The Labute approximate surface area is 113 Å². The fourth-order valence-electron chi connectivity index (χ4n) is 2.27. The van der Waals surface area contributed by atoms with Gasteiger partial charge in [-0.1, -0.05) is 13.0 Å². The number of hydrogen-bond donors (Lipinski definition) is 1. The molecule has 1 atom stereocenters. The van der Waals surface area contributed by atoms with E-state index in [4.69, 9.17) is 9.84 Å². The van der Waals surface area contributed by atoms with E-state index in [0.29, 0.717) is 30.3 Å². The smallest absolute Gasteiger partial charge is 0.246 e. The number of nitrogens with zero attached hydrogens (tertiary/aromatic N) is 1. The van der Waals surface area contributed by atoms with Crippen molar-refractivity contribution in [3.8, 4) is 5.75 Å². The van der Waals surface area contributed by atoms with Crippen molar-refractivity contribution in [3.05, 3.63) is 23.8 Å².